The summed E-state index contributed by atoms with van der Waals surface area (Å²) in [4.78, 5) is 30.2. The lowest BCUT2D eigenvalue weighted by Crippen LogP contribution is -2.22. The van der Waals surface area contributed by atoms with Gasteiger partial charge in [0.15, 0.2) is 17.3 Å². The second-order valence-electron chi connectivity index (χ2n) is 9.64. The number of rotatable bonds is 8. The van der Waals surface area contributed by atoms with Crippen molar-refractivity contribution in [3.8, 4) is 28.7 Å². The van der Waals surface area contributed by atoms with Crippen molar-refractivity contribution in [1.29, 1.82) is 0 Å². The molecule has 2 aliphatic rings. The van der Waals surface area contributed by atoms with Crippen LogP contribution >= 0.6 is 0 Å². The van der Waals surface area contributed by atoms with Gasteiger partial charge in [-0.2, -0.15) is 0 Å². The fraction of sp³-hybridized carbons (Fsp3) is 0.182. The number of ketones is 1. The number of allylic oxidation sites excluding steroid dienone is 1. The van der Waals surface area contributed by atoms with Crippen molar-refractivity contribution >= 4 is 17.8 Å². The van der Waals surface area contributed by atoms with E-state index in [4.69, 9.17) is 23.7 Å². The maximum Gasteiger partial charge on any atom is 0.312 e. The van der Waals surface area contributed by atoms with Crippen molar-refractivity contribution in [3.63, 3.8) is 0 Å². The van der Waals surface area contributed by atoms with Crippen LogP contribution in [0.15, 0.2) is 84.9 Å². The van der Waals surface area contributed by atoms with Gasteiger partial charge in [0.1, 0.15) is 17.2 Å². The van der Waals surface area contributed by atoms with Crippen LogP contribution in [-0.4, -0.2) is 37.6 Å². The first-order chi connectivity index (χ1) is 20.1. The number of hydrogen-bond acceptors (Lipinski definition) is 8. The quantitative estimate of drug-likeness (QED) is 0.155. The maximum absolute atomic E-state index is 13.3. The number of pyridine rings is 1. The molecule has 1 unspecified atom stereocenters. The van der Waals surface area contributed by atoms with E-state index in [-0.39, 0.29) is 23.9 Å². The molecule has 206 valence electrons. The van der Waals surface area contributed by atoms with Crippen LogP contribution in [0.5, 0.6) is 28.7 Å². The number of aromatic nitrogens is 1. The van der Waals surface area contributed by atoms with E-state index in [1.54, 1.807) is 50.9 Å². The van der Waals surface area contributed by atoms with E-state index in [1.165, 1.54) is 0 Å². The minimum Gasteiger partial charge on any atom is -0.497 e. The van der Waals surface area contributed by atoms with Gasteiger partial charge in [-0.3, -0.25) is 14.6 Å². The highest BCUT2D eigenvalue weighted by molar-refractivity contribution is 6.15. The minimum absolute atomic E-state index is 0.0463. The Hall–Kier alpha value is -5.11. The summed E-state index contributed by atoms with van der Waals surface area (Å²) in [7, 11) is 3.21. The van der Waals surface area contributed by atoms with Crippen molar-refractivity contribution in [2.45, 2.75) is 18.8 Å². The van der Waals surface area contributed by atoms with E-state index in [2.05, 4.69) is 4.98 Å². The number of ether oxygens (including phenoxy) is 5. The van der Waals surface area contributed by atoms with Gasteiger partial charge in [-0.05, 0) is 53.6 Å². The fourth-order valence-electron chi connectivity index (χ4n) is 5.17. The van der Waals surface area contributed by atoms with Gasteiger partial charge in [0.2, 0.25) is 5.78 Å². The van der Waals surface area contributed by atoms with Gasteiger partial charge in [-0.25, -0.2) is 0 Å². The summed E-state index contributed by atoms with van der Waals surface area (Å²) in [5, 5.41) is 0. The summed E-state index contributed by atoms with van der Waals surface area (Å²) in [5.74, 6) is 1.66. The van der Waals surface area contributed by atoms with Gasteiger partial charge < -0.3 is 23.7 Å². The van der Waals surface area contributed by atoms with Crippen LogP contribution in [0.25, 0.3) is 6.08 Å². The zero-order valence-electron chi connectivity index (χ0n) is 22.6. The van der Waals surface area contributed by atoms with Crippen LogP contribution in [0, 0.1) is 0 Å². The van der Waals surface area contributed by atoms with Crippen LogP contribution < -0.4 is 23.7 Å². The number of methoxy groups -OCH3 is 2. The number of Topliss-reactive ketones (excluding diaryl/α,β-unsaturated/α-hetero) is 1. The first kappa shape index (κ1) is 26.1. The molecule has 0 radical (unpaired) electrons. The highest BCUT2D eigenvalue weighted by Gasteiger charge is 2.39. The number of benzene rings is 3. The molecule has 1 aromatic heterocycles. The largest absolute Gasteiger partial charge is 0.497 e. The van der Waals surface area contributed by atoms with Crippen molar-refractivity contribution in [2.75, 3.05) is 20.8 Å². The summed E-state index contributed by atoms with van der Waals surface area (Å²) in [5.41, 5.74) is 3.60. The Morgan fingerprint density at radius 2 is 1.80 bits per heavy atom. The van der Waals surface area contributed by atoms with Crippen LogP contribution in [0.1, 0.15) is 45.0 Å². The van der Waals surface area contributed by atoms with Crippen LogP contribution in [-0.2, 0) is 11.2 Å². The third-order valence-corrected chi connectivity index (χ3v) is 7.16. The number of para-hydroxylation sites is 1. The third kappa shape index (κ3) is 5.12. The van der Waals surface area contributed by atoms with E-state index in [0.717, 1.165) is 22.4 Å². The average Bonchev–Trinajstić information content (AvgIpc) is 3.32. The normalized spacial score (nSPS) is 16.4. The Kier molecular flexibility index (Phi) is 7.12. The Morgan fingerprint density at radius 1 is 0.951 bits per heavy atom. The smallest absolute Gasteiger partial charge is 0.312 e. The minimum atomic E-state index is -0.488. The number of hydrogen-bond donors (Lipinski definition) is 0. The van der Waals surface area contributed by atoms with Crippen LogP contribution in [0.3, 0.4) is 0 Å². The summed E-state index contributed by atoms with van der Waals surface area (Å²) >= 11 is 0. The molecular formula is C33H27NO7. The number of carbonyl (C=O) groups excluding carboxylic acids is 2. The van der Waals surface area contributed by atoms with Gasteiger partial charge in [0.05, 0.1) is 32.8 Å². The van der Waals surface area contributed by atoms with Crippen molar-refractivity contribution in [3.05, 3.63) is 113 Å². The Morgan fingerprint density at radius 3 is 2.56 bits per heavy atom. The topological polar surface area (TPSA) is 93.2 Å². The van der Waals surface area contributed by atoms with Gasteiger partial charge >= 0.3 is 5.97 Å². The van der Waals surface area contributed by atoms with Crippen molar-refractivity contribution in [1.82, 2.24) is 4.98 Å². The molecule has 6 rings (SSSR count). The summed E-state index contributed by atoms with van der Waals surface area (Å²) < 4.78 is 29.0. The predicted octanol–water partition coefficient (Wildman–Crippen LogP) is 5.78. The van der Waals surface area contributed by atoms with E-state index in [1.807, 2.05) is 48.5 Å². The summed E-state index contributed by atoms with van der Waals surface area (Å²) in [6, 6.07) is 20.3. The van der Waals surface area contributed by atoms with E-state index >= 15 is 0 Å². The molecular weight excluding hydrogens is 522 g/mol. The lowest BCUT2D eigenvalue weighted by Gasteiger charge is -2.28. The fourth-order valence-corrected chi connectivity index (χ4v) is 5.17. The molecule has 3 aromatic carbocycles. The van der Waals surface area contributed by atoms with Crippen molar-refractivity contribution < 1.29 is 33.3 Å². The molecule has 1 atom stereocenters. The number of fused-ring (bicyclic) bond motifs is 3. The first-order valence-electron chi connectivity index (χ1n) is 13.2. The van der Waals surface area contributed by atoms with Gasteiger partial charge in [0, 0.05) is 35.9 Å². The van der Waals surface area contributed by atoms with E-state index in [9.17, 15) is 9.59 Å². The van der Waals surface area contributed by atoms with Crippen molar-refractivity contribution in [2.24, 2.45) is 0 Å². The highest BCUT2D eigenvalue weighted by Crippen LogP contribution is 2.51. The van der Waals surface area contributed by atoms with Gasteiger partial charge in [0.25, 0.3) is 0 Å². The molecule has 0 aliphatic carbocycles. The molecule has 8 heteroatoms. The first-order valence-corrected chi connectivity index (χ1v) is 13.2. The number of carbonyl (C=O) groups is 2. The molecule has 0 fully saturated rings. The SMILES string of the molecule is COc1ccc(CCOc2c(OC)cccc2C2CC(=O)Oc3ccc4c(c32)OC(=Cc2cccnc2)C4=O)cc1. The lowest BCUT2D eigenvalue weighted by atomic mass is 9.84. The molecule has 0 saturated heterocycles. The monoisotopic (exact) mass is 549 g/mol. The van der Waals surface area contributed by atoms with E-state index in [0.29, 0.717) is 47.2 Å². The van der Waals surface area contributed by atoms with E-state index < -0.39 is 5.92 Å². The van der Waals surface area contributed by atoms with Crippen LogP contribution in [0.4, 0.5) is 0 Å². The Bertz CT molecular complexity index is 1640. The van der Waals surface area contributed by atoms with Gasteiger partial charge in [-0.1, -0.05) is 30.3 Å². The molecule has 0 spiro atoms. The zero-order chi connectivity index (χ0) is 28.3. The van der Waals surface area contributed by atoms with Crippen LogP contribution in [0.2, 0.25) is 0 Å². The Labute approximate surface area is 237 Å². The summed E-state index contributed by atoms with van der Waals surface area (Å²) in [6.45, 7) is 0.379. The molecule has 2 aliphatic heterocycles. The Balaban J connectivity index is 1.36. The molecule has 41 heavy (non-hydrogen) atoms. The third-order valence-electron chi connectivity index (χ3n) is 7.16. The van der Waals surface area contributed by atoms with Gasteiger partial charge in [-0.15, -0.1) is 0 Å². The molecule has 8 nitrogen and oxygen atoms in total. The number of esters is 1. The molecule has 0 N–H and O–H groups in total. The molecule has 0 amide bonds. The molecule has 0 bridgehead atoms. The standard InChI is InChI=1S/C33H27NO7/c1-37-22-10-8-20(9-11-22)14-16-39-32-23(6-3-7-27(32)38-2)25-18-29(35)40-26-13-12-24-31(36)28(41-33(24)30(25)26)17-21-5-4-15-34-19-21/h3-13,15,17,19,25H,14,16,18H2,1-2H3. The second-order valence-corrected chi connectivity index (χ2v) is 9.64. The lowest BCUT2D eigenvalue weighted by molar-refractivity contribution is -0.135. The maximum atomic E-state index is 13.3. The molecule has 3 heterocycles. The summed E-state index contributed by atoms with van der Waals surface area (Å²) in [6.07, 6.45) is 5.67. The predicted molar refractivity (Wildman–Crippen MR) is 151 cm³/mol. The molecule has 0 saturated carbocycles. The average molecular weight is 550 g/mol. The number of nitrogens with zero attached hydrogens (tertiary/aromatic N) is 1. The molecule has 4 aromatic rings. The second kappa shape index (κ2) is 11.2. The highest BCUT2D eigenvalue weighted by atomic mass is 16.5. The zero-order valence-corrected chi connectivity index (χ0v) is 22.6.